The van der Waals surface area contributed by atoms with Gasteiger partial charge in [0, 0.05) is 24.1 Å². The Morgan fingerprint density at radius 2 is 1.83 bits per heavy atom. The van der Waals surface area contributed by atoms with Gasteiger partial charge in [-0.1, -0.05) is 6.92 Å². The summed E-state index contributed by atoms with van der Waals surface area (Å²) in [5.41, 5.74) is 4.58. The number of amidine groups is 1. The second-order valence-corrected chi connectivity index (χ2v) is 7.02. The minimum atomic E-state index is -1.78. The lowest BCUT2D eigenvalue weighted by Crippen LogP contribution is -2.51. The number of hydrogen-bond donors (Lipinski definition) is 6. The molecule has 0 aliphatic heterocycles. The van der Waals surface area contributed by atoms with Crippen molar-refractivity contribution >= 4 is 40.6 Å². The van der Waals surface area contributed by atoms with Crippen molar-refractivity contribution in [2.45, 2.75) is 31.7 Å². The molecule has 0 aliphatic rings. The molecule has 0 spiro atoms. The highest BCUT2D eigenvalue weighted by Gasteiger charge is 2.43. The Balaban J connectivity index is 1.97. The van der Waals surface area contributed by atoms with E-state index in [0.717, 1.165) is 11.3 Å². The highest BCUT2D eigenvalue weighted by molar-refractivity contribution is 7.10. The van der Waals surface area contributed by atoms with Crippen LogP contribution in [0.5, 0.6) is 5.88 Å². The van der Waals surface area contributed by atoms with Crippen LogP contribution < -0.4 is 16.4 Å². The van der Waals surface area contributed by atoms with E-state index in [1.807, 2.05) is 0 Å². The first kappa shape index (κ1) is 21.8. The zero-order chi connectivity index (χ0) is 21.6. The molecule has 0 aliphatic carbocycles. The molecule has 2 aromatic rings. The molecule has 154 valence electrons. The molecule has 1 aromatic carbocycles. The number of aromatic nitrogens is 1. The number of benzene rings is 1. The molecule has 0 bridgehead atoms. The number of nitrogens with one attached hydrogen (secondary N) is 3. The largest absolute Gasteiger partial charge is 0.493 e. The Hall–Kier alpha value is -3.47. The summed E-state index contributed by atoms with van der Waals surface area (Å²) >= 11 is 0.921. The molecule has 29 heavy (non-hydrogen) atoms. The molecular formula is C18H21N5O5S. The molecule has 0 saturated carbocycles. The van der Waals surface area contributed by atoms with E-state index >= 15 is 0 Å². The number of nitrogens with two attached hydrogens (primary N) is 1. The highest BCUT2D eigenvalue weighted by Crippen LogP contribution is 2.30. The minimum Gasteiger partial charge on any atom is -0.493 e. The zero-order valence-electron chi connectivity index (χ0n) is 15.6. The van der Waals surface area contributed by atoms with Gasteiger partial charge < -0.3 is 26.6 Å². The second-order valence-electron chi connectivity index (χ2n) is 6.16. The zero-order valence-corrected chi connectivity index (χ0v) is 16.4. The fourth-order valence-electron chi connectivity index (χ4n) is 2.53. The molecule has 2 rings (SSSR count). The van der Waals surface area contributed by atoms with Crippen LogP contribution in [0.1, 0.15) is 36.8 Å². The quantitative estimate of drug-likeness (QED) is 0.262. The van der Waals surface area contributed by atoms with E-state index in [1.54, 1.807) is 31.2 Å². The summed E-state index contributed by atoms with van der Waals surface area (Å²) in [5, 5.41) is 32.7. The van der Waals surface area contributed by atoms with E-state index < -0.39 is 23.3 Å². The van der Waals surface area contributed by atoms with E-state index in [9.17, 15) is 24.6 Å². The van der Waals surface area contributed by atoms with Crippen molar-refractivity contribution in [3.63, 3.8) is 0 Å². The summed E-state index contributed by atoms with van der Waals surface area (Å²) in [7, 11) is 0. The number of amides is 2. The van der Waals surface area contributed by atoms with Crippen molar-refractivity contribution in [1.29, 1.82) is 5.41 Å². The molecule has 7 N–H and O–H groups in total. The number of carboxylic acid groups (broad SMARTS) is 1. The SMILES string of the molecule is CCC(NC(=O)CCC(=O)Nc1ccc(C(=N)N)cc1)(C(=O)O)c1nc(O)cs1. The van der Waals surface area contributed by atoms with E-state index in [-0.39, 0.29) is 36.0 Å². The second kappa shape index (κ2) is 9.15. The number of aromatic hydroxyl groups is 1. The first-order valence-corrected chi connectivity index (χ1v) is 9.49. The fraction of sp³-hybridized carbons (Fsp3) is 0.278. The van der Waals surface area contributed by atoms with Crippen molar-refractivity contribution < 1.29 is 24.6 Å². The Morgan fingerprint density at radius 1 is 1.21 bits per heavy atom. The molecule has 10 nitrogen and oxygen atoms in total. The van der Waals surface area contributed by atoms with Crippen molar-refractivity contribution in [2.24, 2.45) is 5.73 Å². The molecule has 0 radical (unpaired) electrons. The molecule has 1 heterocycles. The molecule has 1 unspecified atom stereocenters. The predicted octanol–water partition coefficient (Wildman–Crippen LogP) is 1.36. The molecule has 0 saturated heterocycles. The van der Waals surface area contributed by atoms with Gasteiger partial charge in [-0.25, -0.2) is 9.78 Å². The third kappa shape index (κ3) is 5.29. The molecular weight excluding hydrogens is 398 g/mol. The summed E-state index contributed by atoms with van der Waals surface area (Å²) in [6.45, 7) is 1.57. The topological polar surface area (TPSA) is 178 Å². The predicted molar refractivity (Wildman–Crippen MR) is 107 cm³/mol. The Bertz CT molecular complexity index is 927. The fourth-order valence-corrected chi connectivity index (χ4v) is 3.43. The monoisotopic (exact) mass is 419 g/mol. The van der Waals surface area contributed by atoms with Gasteiger partial charge in [0.2, 0.25) is 17.7 Å². The standard InChI is InChI=1S/C18H21N5O5S/c1-2-18(17(27)28,16-22-14(26)9-29-16)23-13(25)8-7-12(24)21-11-5-3-10(4-6-11)15(19)20/h3-6,9,26H,2,7-8H2,1H3,(H3,19,20)(H,21,24)(H,23,25)(H,27,28). The number of hydrogen-bond acceptors (Lipinski definition) is 7. The van der Waals surface area contributed by atoms with Crippen molar-refractivity contribution in [3.05, 3.63) is 40.2 Å². The Morgan fingerprint density at radius 3 is 2.31 bits per heavy atom. The first-order valence-electron chi connectivity index (χ1n) is 8.61. The van der Waals surface area contributed by atoms with Gasteiger partial charge in [0.15, 0.2) is 5.54 Å². The minimum absolute atomic E-state index is 0.00964. The number of thiazole rings is 1. The number of nitrogens with zero attached hydrogens (tertiary/aromatic N) is 1. The summed E-state index contributed by atoms with van der Waals surface area (Å²) < 4.78 is 0. The Labute approximate surface area is 170 Å². The molecule has 1 atom stereocenters. The van der Waals surface area contributed by atoms with Crippen molar-refractivity contribution in [1.82, 2.24) is 10.3 Å². The number of nitrogen functional groups attached to an aromatic ring is 1. The number of carboxylic acids is 1. The number of anilines is 1. The summed E-state index contributed by atoms with van der Waals surface area (Å²) in [5.74, 6) is -2.79. The van der Waals surface area contributed by atoms with Gasteiger partial charge in [-0.05, 0) is 30.7 Å². The average molecular weight is 419 g/mol. The summed E-state index contributed by atoms with van der Waals surface area (Å²) in [4.78, 5) is 40.0. The van der Waals surface area contributed by atoms with Gasteiger partial charge >= 0.3 is 5.97 Å². The third-order valence-corrected chi connectivity index (χ3v) is 5.16. The van der Waals surface area contributed by atoms with Gasteiger partial charge in [0.25, 0.3) is 0 Å². The number of aliphatic carboxylic acids is 1. The lowest BCUT2D eigenvalue weighted by Gasteiger charge is -2.27. The highest BCUT2D eigenvalue weighted by atomic mass is 32.1. The molecule has 1 aromatic heterocycles. The van der Waals surface area contributed by atoms with Crippen LogP contribution in [-0.2, 0) is 19.9 Å². The van der Waals surface area contributed by atoms with Crippen LogP contribution >= 0.6 is 11.3 Å². The number of carbonyl (C=O) groups is 3. The van der Waals surface area contributed by atoms with Crippen LogP contribution in [0.3, 0.4) is 0 Å². The lowest BCUT2D eigenvalue weighted by atomic mass is 9.96. The molecule has 2 amide bonds. The number of carbonyl (C=O) groups excluding carboxylic acids is 2. The normalized spacial score (nSPS) is 12.6. The molecule has 0 fully saturated rings. The Kier molecular flexibility index (Phi) is 6.89. The maximum Gasteiger partial charge on any atom is 0.336 e. The first-order chi connectivity index (χ1) is 13.7. The smallest absolute Gasteiger partial charge is 0.336 e. The summed E-state index contributed by atoms with van der Waals surface area (Å²) in [6, 6.07) is 6.32. The van der Waals surface area contributed by atoms with Gasteiger partial charge in [-0.15, -0.1) is 11.3 Å². The summed E-state index contributed by atoms with van der Waals surface area (Å²) in [6.07, 6.45) is -0.387. The maximum atomic E-state index is 12.3. The number of rotatable bonds is 9. The van der Waals surface area contributed by atoms with E-state index in [0.29, 0.717) is 11.3 Å². The molecule has 11 heteroatoms. The van der Waals surface area contributed by atoms with Crippen LogP contribution in [-0.4, -0.2) is 38.8 Å². The van der Waals surface area contributed by atoms with Crippen LogP contribution in [0.4, 0.5) is 5.69 Å². The van der Waals surface area contributed by atoms with E-state index in [1.165, 1.54) is 5.38 Å². The van der Waals surface area contributed by atoms with E-state index in [4.69, 9.17) is 11.1 Å². The van der Waals surface area contributed by atoms with Gasteiger partial charge in [-0.3, -0.25) is 15.0 Å². The lowest BCUT2D eigenvalue weighted by molar-refractivity contribution is -0.148. The van der Waals surface area contributed by atoms with E-state index in [2.05, 4.69) is 15.6 Å². The van der Waals surface area contributed by atoms with Crippen molar-refractivity contribution in [2.75, 3.05) is 5.32 Å². The van der Waals surface area contributed by atoms with Crippen LogP contribution in [0, 0.1) is 5.41 Å². The third-order valence-electron chi connectivity index (χ3n) is 4.16. The van der Waals surface area contributed by atoms with Gasteiger partial charge in [-0.2, -0.15) is 0 Å². The van der Waals surface area contributed by atoms with Gasteiger partial charge in [0.05, 0.1) is 5.38 Å². The van der Waals surface area contributed by atoms with Crippen LogP contribution in [0.25, 0.3) is 0 Å². The van der Waals surface area contributed by atoms with Crippen LogP contribution in [0.15, 0.2) is 29.6 Å². The van der Waals surface area contributed by atoms with Crippen LogP contribution in [0.2, 0.25) is 0 Å². The maximum absolute atomic E-state index is 12.3. The van der Waals surface area contributed by atoms with Crippen molar-refractivity contribution in [3.8, 4) is 5.88 Å². The average Bonchev–Trinajstić information content (AvgIpc) is 3.11. The van der Waals surface area contributed by atoms with Gasteiger partial charge in [0.1, 0.15) is 10.8 Å².